The fraction of sp³-hybridized carbons (Fsp3) is 0.481. The molecule has 3 fully saturated rings. The van der Waals surface area contributed by atoms with Crippen molar-refractivity contribution in [1.29, 1.82) is 0 Å². The van der Waals surface area contributed by atoms with Crippen LogP contribution in [-0.4, -0.2) is 71.8 Å². The predicted molar refractivity (Wildman–Crippen MR) is 142 cm³/mol. The molecule has 9 heteroatoms. The average Bonchev–Trinajstić information content (AvgIpc) is 3.53. The number of aromatic amines is 1. The summed E-state index contributed by atoms with van der Waals surface area (Å²) in [5, 5.41) is 4.48. The van der Waals surface area contributed by atoms with E-state index < -0.39 is 0 Å². The number of thiophene rings is 1. The van der Waals surface area contributed by atoms with Crippen LogP contribution in [0.4, 0.5) is 10.2 Å². The van der Waals surface area contributed by atoms with E-state index in [-0.39, 0.29) is 5.82 Å². The van der Waals surface area contributed by atoms with E-state index in [1.807, 2.05) is 23.6 Å². The molecule has 3 saturated heterocycles. The zero-order chi connectivity index (χ0) is 24.1. The van der Waals surface area contributed by atoms with Gasteiger partial charge in [0.05, 0.1) is 35.0 Å². The van der Waals surface area contributed by atoms with Gasteiger partial charge in [0.15, 0.2) is 11.6 Å². The van der Waals surface area contributed by atoms with Gasteiger partial charge < -0.3 is 19.9 Å². The highest BCUT2D eigenvalue weighted by Gasteiger charge is 2.35. The first-order valence-electron chi connectivity index (χ1n) is 13.1. The van der Waals surface area contributed by atoms with Crippen molar-refractivity contribution in [3.05, 3.63) is 41.2 Å². The van der Waals surface area contributed by atoms with Gasteiger partial charge in [0.25, 0.3) is 0 Å². The van der Waals surface area contributed by atoms with E-state index in [1.54, 1.807) is 6.07 Å². The summed E-state index contributed by atoms with van der Waals surface area (Å²) in [5.41, 5.74) is 2.26. The Kier molecular flexibility index (Phi) is 5.88. The Hall–Kier alpha value is -2.59. The van der Waals surface area contributed by atoms with E-state index in [9.17, 15) is 0 Å². The summed E-state index contributed by atoms with van der Waals surface area (Å²) >= 11 is 1.82. The minimum Gasteiger partial charge on any atom is -0.378 e. The van der Waals surface area contributed by atoms with Crippen LogP contribution in [0.1, 0.15) is 36.6 Å². The molecule has 4 aromatic rings. The molecule has 3 aromatic heterocycles. The summed E-state index contributed by atoms with van der Waals surface area (Å²) in [4.78, 5) is 19.5. The van der Waals surface area contributed by atoms with Gasteiger partial charge in [0.2, 0.25) is 0 Å². The number of anilines is 1. The van der Waals surface area contributed by atoms with E-state index in [0.29, 0.717) is 36.7 Å². The first kappa shape index (κ1) is 22.6. The molecule has 7 nitrogen and oxygen atoms in total. The maximum Gasteiger partial charge on any atom is 0.165 e. The number of morpholine rings is 1. The lowest BCUT2D eigenvalue weighted by Gasteiger charge is -2.43. The van der Waals surface area contributed by atoms with Crippen LogP contribution in [0.15, 0.2) is 30.5 Å². The predicted octanol–water partition coefficient (Wildman–Crippen LogP) is 4.70. The van der Waals surface area contributed by atoms with Gasteiger partial charge in [-0.3, -0.25) is 4.90 Å². The largest absolute Gasteiger partial charge is 0.378 e. The van der Waals surface area contributed by atoms with Crippen molar-refractivity contribution >= 4 is 38.3 Å². The second-order valence-corrected chi connectivity index (χ2v) is 11.2. The van der Waals surface area contributed by atoms with Crippen LogP contribution in [0.3, 0.4) is 0 Å². The quantitative estimate of drug-likeness (QED) is 0.409. The second kappa shape index (κ2) is 9.37. The maximum atomic E-state index is 15.3. The Labute approximate surface area is 213 Å². The number of hydrogen-bond acceptors (Lipinski definition) is 7. The van der Waals surface area contributed by atoms with Gasteiger partial charge in [-0.2, -0.15) is 0 Å². The molecular formula is C27H31FN6OS. The molecule has 0 bridgehead atoms. The number of nitrogens with zero attached hydrogens (tertiary/aromatic N) is 4. The van der Waals surface area contributed by atoms with E-state index in [1.165, 1.54) is 36.6 Å². The van der Waals surface area contributed by atoms with Crippen LogP contribution >= 0.6 is 11.3 Å². The molecule has 0 amide bonds. The van der Waals surface area contributed by atoms with E-state index in [2.05, 4.69) is 26.2 Å². The third-order valence-corrected chi connectivity index (χ3v) is 9.10. The summed E-state index contributed by atoms with van der Waals surface area (Å²) < 4.78 is 22.0. The van der Waals surface area contributed by atoms with Crippen molar-refractivity contribution in [1.82, 2.24) is 25.2 Å². The lowest BCUT2D eigenvalue weighted by Crippen LogP contribution is -2.53. The zero-order valence-corrected chi connectivity index (χ0v) is 21.1. The van der Waals surface area contributed by atoms with Gasteiger partial charge in [-0.15, -0.1) is 11.3 Å². The molecule has 0 saturated carbocycles. The van der Waals surface area contributed by atoms with Gasteiger partial charge in [-0.1, -0.05) is 6.42 Å². The lowest BCUT2D eigenvalue weighted by molar-refractivity contribution is 0.107. The van der Waals surface area contributed by atoms with Gasteiger partial charge >= 0.3 is 0 Å². The van der Waals surface area contributed by atoms with E-state index in [0.717, 1.165) is 59.7 Å². The number of ether oxygens (including phenoxy) is 1. The van der Waals surface area contributed by atoms with Crippen molar-refractivity contribution in [2.45, 2.75) is 37.8 Å². The fourth-order valence-corrected chi connectivity index (χ4v) is 7.24. The minimum atomic E-state index is -0.297. The molecule has 6 heterocycles. The molecule has 0 spiro atoms. The number of hydrogen-bond donors (Lipinski definition) is 2. The highest BCUT2D eigenvalue weighted by Crippen LogP contribution is 2.42. The van der Waals surface area contributed by atoms with Crippen molar-refractivity contribution in [2.24, 2.45) is 0 Å². The molecule has 36 heavy (non-hydrogen) atoms. The fourth-order valence-electron chi connectivity index (χ4n) is 5.92. The first-order chi connectivity index (χ1) is 17.8. The second-order valence-electron chi connectivity index (χ2n) is 10.1. The van der Waals surface area contributed by atoms with E-state index >= 15 is 4.39 Å². The molecule has 0 aliphatic carbocycles. The number of piperidine rings is 1. The first-order valence-corrected chi connectivity index (χ1v) is 14.0. The van der Waals surface area contributed by atoms with Crippen LogP contribution in [0.5, 0.6) is 0 Å². The summed E-state index contributed by atoms with van der Waals surface area (Å²) in [5.74, 6) is 1.06. The molecule has 2 N–H and O–H groups in total. The molecule has 7 rings (SSSR count). The molecule has 0 radical (unpaired) electrons. The van der Waals surface area contributed by atoms with Gasteiger partial charge in [0.1, 0.15) is 5.82 Å². The zero-order valence-electron chi connectivity index (χ0n) is 20.3. The van der Waals surface area contributed by atoms with Crippen molar-refractivity contribution in [2.75, 3.05) is 50.8 Å². The van der Waals surface area contributed by atoms with Gasteiger partial charge in [-0.05, 0) is 63.2 Å². The highest BCUT2D eigenvalue weighted by atomic mass is 32.1. The number of aromatic nitrogens is 3. The van der Waals surface area contributed by atoms with Crippen LogP contribution in [0, 0.1) is 5.82 Å². The Balaban J connectivity index is 1.39. The highest BCUT2D eigenvalue weighted by molar-refractivity contribution is 7.19. The standard InChI is InChI=1S/C27H31FN6OS/c28-18-4-5-19-17(6-8-29-19)23(18)26-31-21-16-22(24(20-7-9-30-20)33-10-2-1-3-11-33)36-25(21)27(32-26)34-12-14-35-15-13-34/h4-6,8,16,20,24,29-30H,1-3,7,9-15H2. The molecule has 3 aliphatic rings. The van der Waals surface area contributed by atoms with Crippen LogP contribution in [0.25, 0.3) is 32.5 Å². The summed E-state index contributed by atoms with van der Waals surface area (Å²) in [6.07, 6.45) is 6.88. The third-order valence-electron chi connectivity index (χ3n) is 7.91. The summed E-state index contributed by atoms with van der Waals surface area (Å²) in [7, 11) is 0. The molecule has 2 unspecified atom stereocenters. The van der Waals surface area contributed by atoms with Crippen LogP contribution < -0.4 is 10.2 Å². The number of fused-ring (bicyclic) bond motifs is 2. The van der Waals surface area contributed by atoms with Crippen LogP contribution in [0.2, 0.25) is 0 Å². The smallest absolute Gasteiger partial charge is 0.165 e. The number of nitrogens with one attached hydrogen (secondary N) is 2. The number of halogens is 1. The van der Waals surface area contributed by atoms with Gasteiger partial charge in [0, 0.05) is 41.1 Å². The summed E-state index contributed by atoms with van der Waals surface area (Å²) in [6.45, 7) is 6.26. The molecule has 1 aromatic carbocycles. The van der Waals surface area contributed by atoms with Crippen LogP contribution in [-0.2, 0) is 4.74 Å². The summed E-state index contributed by atoms with van der Waals surface area (Å²) in [6, 6.07) is 8.26. The Morgan fingerprint density at radius 3 is 2.67 bits per heavy atom. The molecule has 3 aliphatic heterocycles. The van der Waals surface area contributed by atoms with Crippen molar-refractivity contribution < 1.29 is 9.13 Å². The topological polar surface area (TPSA) is 69.3 Å². The number of H-pyrrole nitrogens is 1. The molecule has 188 valence electrons. The maximum absolute atomic E-state index is 15.3. The number of rotatable bonds is 5. The third kappa shape index (κ3) is 3.89. The Morgan fingerprint density at radius 2 is 1.89 bits per heavy atom. The van der Waals surface area contributed by atoms with Gasteiger partial charge in [-0.25, -0.2) is 14.4 Å². The monoisotopic (exact) mass is 506 g/mol. The Morgan fingerprint density at radius 1 is 1.06 bits per heavy atom. The Bertz CT molecular complexity index is 1390. The number of likely N-dealkylation sites (tertiary alicyclic amines) is 1. The molecular weight excluding hydrogens is 475 g/mol. The molecule has 2 atom stereocenters. The van der Waals surface area contributed by atoms with Crippen molar-refractivity contribution in [3.63, 3.8) is 0 Å². The SMILES string of the molecule is Fc1ccc2[nH]ccc2c1-c1nc(N2CCOCC2)c2sc(C(C3CCN3)N3CCCCC3)cc2n1. The average molecular weight is 507 g/mol. The normalized spacial score (nSPS) is 22.2. The lowest BCUT2D eigenvalue weighted by atomic mass is 9.94. The number of benzene rings is 1. The van der Waals surface area contributed by atoms with E-state index in [4.69, 9.17) is 14.7 Å². The van der Waals surface area contributed by atoms with Crippen molar-refractivity contribution in [3.8, 4) is 11.4 Å². The minimum absolute atomic E-state index is 0.297.